The zero-order valence-corrected chi connectivity index (χ0v) is 20.3. The first-order valence-electron chi connectivity index (χ1n) is 11.9. The van der Waals surface area contributed by atoms with E-state index in [1.54, 1.807) is 4.90 Å². The minimum atomic E-state index is -0.459. The smallest absolute Gasteiger partial charge is 0.316 e. The normalized spacial score (nSPS) is 14.2. The van der Waals surface area contributed by atoms with E-state index in [4.69, 9.17) is 4.74 Å². The lowest BCUT2D eigenvalue weighted by Gasteiger charge is -2.36. The van der Waals surface area contributed by atoms with Gasteiger partial charge in [-0.3, -0.25) is 9.59 Å². The molecule has 3 aromatic rings. The van der Waals surface area contributed by atoms with Gasteiger partial charge in [-0.25, -0.2) is 0 Å². The molecule has 1 amide bonds. The molecule has 4 rings (SSSR count). The molecule has 3 heterocycles. The van der Waals surface area contributed by atoms with Crippen LogP contribution in [0.15, 0.2) is 41.3 Å². The van der Waals surface area contributed by atoms with Gasteiger partial charge in [0, 0.05) is 42.8 Å². The zero-order valence-electron chi connectivity index (χ0n) is 20.3. The highest BCUT2D eigenvalue weighted by molar-refractivity contribution is 5.96. The summed E-state index contributed by atoms with van der Waals surface area (Å²) in [5.74, 6) is 0.553. The minimum Gasteiger partial charge on any atom is -0.486 e. The van der Waals surface area contributed by atoms with Crippen molar-refractivity contribution < 1.29 is 9.53 Å². The molecule has 0 N–H and O–H groups in total. The fourth-order valence-corrected chi connectivity index (χ4v) is 4.64. The number of carbonyl (C=O) groups is 1. The van der Waals surface area contributed by atoms with Crippen LogP contribution in [0, 0.1) is 0 Å². The van der Waals surface area contributed by atoms with Crippen molar-refractivity contribution in [3.63, 3.8) is 0 Å². The molecule has 0 aliphatic carbocycles. The van der Waals surface area contributed by atoms with Crippen LogP contribution in [0.25, 0.3) is 10.9 Å². The largest absolute Gasteiger partial charge is 0.486 e. The van der Waals surface area contributed by atoms with Gasteiger partial charge in [0.15, 0.2) is 5.69 Å². The number of aromatic nitrogens is 3. The molecule has 0 spiro atoms. The Kier molecular flexibility index (Phi) is 6.32. The SMILES string of the molecule is CCCCOc1c2n(c(CC(C)(C)n3ccc4ccccc43)nc1=O)CCN(C(C)C)C2=O. The lowest BCUT2D eigenvalue weighted by Crippen LogP contribution is -2.47. The molecule has 0 unspecified atom stereocenters. The van der Waals surface area contributed by atoms with Crippen molar-refractivity contribution in [1.29, 1.82) is 0 Å². The first-order chi connectivity index (χ1) is 15.7. The van der Waals surface area contributed by atoms with Crippen molar-refractivity contribution in [2.24, 2.45) is 0 Å². The average molecular weight is 451 g/mol. The number of rotatable bonds is 8. The molecule has 2 aromatic heterocycles. The summed E-state index contributed by atoms with van der Waals surface area (Å²) in [4.78, 5) is 32.8. The van der Waals surface area contributed by atoms with Gasteiger partial charge >= 0.3 is 5.56 Å². The van der Waals surface area contributed by atoms with Gasteiger partial charge in [-0.1, -0.05) is 31.5 Å². The average Bonchev–Trinajstić information content (AvgIpc) is 3.21. The molecule has 0 saturated carbocycles. The Bertz CT molecular complexity index is 1220. The molecular weight excluding hydrogens is 416 g/mol. The molecule has 1 aromatic carbocycles. The highest BCUT2D eigenvalue weighted by Crippen LogP contribution is 2.29. The number of nitrogens with zero attached hydrogens (tertiary/aromatic N) is 4. The molecule has 0 saturated heterocycles. The molecule has 7 heteroatoms. The van der Waals surface area contributed by atoms with Crippen LogP contribution >= 0.6 is 0 Å². The summed E-state index contributed by atoms with van der Waals surface area (Å²) in [6.45, 7) is 11.9. The van der Waals surface area contributed by atoms with Gasteiger partial charge in [0.25, 0.3) is 5.91 Å². The summed E-state index contributed by atoms with van der Waals surface area (Å²) in [5.41, 5.74) is 0.658. The van der Waals surface area contributed by atoms with Crippen molar-refractivity contribution >= 4 is 16.8 Å². The Morgan fingerprint density at radius 3 is 2.61 bits per heavy atom. The minimum absolute atomic E-state index is 0.0455. The van der Waals surface area contributed by atoms with Crippen molar-refractivity contribution in [2.75, 3.05) is 13.2 Å². The zero-order chi connectivity index (χ0) is 23.8. The fourth-order valence-electron chi connectivity index (χ4n) is 4.64. The van der Waals surface area contributed by atoms with E-state index < -0.39 is 5.56 Å². The van der Waals surface area contributed by atoms with Crippen molar-refractivity contribution in [2.45, 2.75) is 72.0 Å². The molecule has 33 heavy (non-hydrogen) atoms. The van der Waals surface area contributed by atoms with Crippen LogP contribution in [0.3, 0.4) is 0 Å². The summed E-state index contributed by atoms with van der Waals surface area (Å²) in [6, 6.07) is 10.4. The highest BCUT2D eigenvalue weighted by Gasteiger charge is 2.34. The summed E-state index contributed by atoms with van der Waals surface area (Å²) in [5, 5.41) is 1.17. The van der Waals surface area contributed by atoms with Crippen LogP contribution in [-0.2, 0) is 18.5 Å². The molecular formula is C26H34N4O3. The van der Waals surface area contributed by atoms with Gasteiger partial charge in [0.1, 0.15) is 5.82 Å². The van der Waals surface area contributed by atoms with Gasteiger partial charge in [-0.05, 0) is 51.6 Å². The molecule has 1 aliphatic rings. The molecule has 0 radical (unpaired) electrons. The number of fused-ring (bicyclic) bond motifs is 2. The van der Waals surface area contributed by atoms with Crippen molar-refractivity contribution in [1.82, 2.24) is 19.0 Å². The number of para-hydroxylation sites is 1. The maximum atomic E-state index is 13.4. The molecule has 0 bridgehead atoms. The standard InChI is InChI=1S/C26H34N4O3/c1-6-7-16-33-23-22-25(32)28(18(2)3)14-15-29(22)21(27-24(23)31)17-26(4,5)30-13-12-19-10-8-9-11-20(19)30/h8-13,18H,6-7,14-17H2,1-5H3. The number of ether oxygens (including phenoxy) is 1. The Morgan fingerprint density at radius 2 is 1.88 bits per heavy atom. The third kappa shape index (κ3) is 4.28. The lowest BCUT2D eigenvalue weighted by molar-refractivity contribution is 0.0633. The molecule has 0 fully saturated rings. The van der Waals surface area contributed by atoms with Gasteiger partial charge in [-0.15, -0.1) is 0 Å². The third-order valence-electron chi connectivity index (χ3n) is 6.46. The van der Waals surface area contributed by atoms with Crippen LogP contribution in [0.5, 0.6) is 5.75 Å². The van der Waals surface area contributed by atoms with E-state index >= 15 is 0 Å². The predicted molar refractivity (Wildman–Crippen MR) is 130 cm³/mol. The Balaban J connectivity index is 1.79. The van der Waals surface area contributed by atoms with E-state index in [1.165, 1.54) is 5.39 Å². The van der Waals surface area contributed by atoms with Gasteiger partial charge < -0.3 is 18.8 Å². The number of hydrogen-bond acceptors (Lipinski definition) is 4. The maximum Gasteiger partial charge on any atom is 0.316 e. The molecule has 0 atom stereocenters. The van der Waals surface area contributed by atoms with Crippen LogP contribution < -0.4 is 10.3 Å². The quantitative estimate of drug-likeness (QED) is 0.482. The second-order valence-electron chi connectivity index (χ2n) is 9.69. The monoisotopic (exact) mass is 450 g/mol. The van der Waals surface area contributed by atoms with Crippen LogP contribution in [0.1, 0.15) is 63.8 Å². The second-order valence-corrected chi connectivity index (χ2v) is 9.69. The van der Waals surface area contributed by atoms with E-state index in [1.807, 2.05) is 30.5 Å². The number of benzene rings is 1. The van der Waals surface area contributed by atoms with Crippen LogP contribution in [0.4, 0.5) is 0 Å². The topological polar surface area (TPSA) is 69.4 Å². The van der Waals surface area contributed by atoms with Gasteiger partial charge in [0.05, 0.1) is 6.61 Å². The Labute approximate surface area is 195 Å². The van der Waals surface area contributed by atoms with E-state index in [9.17, 15) is 9.59 Å². The number of amides is 1. The fraction of sp³-hybridized carbons (Fsp3) is 0.500. The summed E-state index contributed by atoms with van der Waals surface area (Å²) in [7, 11) is 0. The third-order valence-corrected chi connectivity index (χ3v) is 6.46. The van der Waals surface area contributed by atoms with Gasteiger partial charge in [0.2, 0.25) is 5.75 Å². The molecule has 7 nitrogen and oxygen atoms in total. The first-order valence-corrected chi connectivity index (χ1v) is 11.9. The van der Waals surface area contributed by atoms with Gasteiger partial charge in [-0.2, -0.15) is 4.98 Å². The predicted octanol–water partition coefficient (Wildman–Crippen LogP) is 4.22. The lowest BCUT2D eigenvalue weighted by atomic mass is 9.98. The molecule has 1 aliphatic heterocycles. The van der Waals surface area contributed by atoms with Crippen molar-refractivity contribution in [3.05, 3.63) is 58.4 Å². The maximum absolute atomic E-state index is 13.4. The Hall–Kier alpha value is -3.09. The molecule has 176 valence electrons. The summed E-state index contributed by atoms with van der Waals surface area (Å²) in [6.07, 6.45) is 4.35. The first kappa shape index (κ1) is 23.1. The van der Waals surface area contributed by atoms with Crippen molar-refractivity contribution in [3.8, 4) is 5.75 Å². The number of hydrogen-bond donors (Lipinski definition) is 0. The van der Waals surface area contributed by atoms with Crippen LogP contribution in [-0.4, -0.2) is 44.1 Å². The van der Waals surface area contributed by atoms with E-state index in [0.717, 1.165) is 18.4 Å². The summed E-state index contributed by atoms with van der Waals surface area (Å²) >= 11 is 0. The Morgan fingerprint density at radius 1 is 1.12 bits per heavy atom. The second kappa shape index (κ2) is 9.04. The van der Waals surface area contributed by atoms with E-state index in [0.29, 0.717) is 37.6 Å². The van der Waals surface area contributed by atoms with Crippen LogP contribution in [0.2, 0.25) is 0 Å². The number of unbranched alkanes of at least 4 members (excludes halogenated alkanes) is 1. The van der Waals surface area contributed by atoms with E-state index in [-0.39, 0.29) is 23.2 Å². The number of carbonyl (C=O) groups excluding carboxylic acids is 1. The highest BCUT2D eigenvalue weighted by atomic mass is 16.5. The van der Waals surface area contributed by atoms with E-state index in [2.05, 4.69) is 54.7 Å². The summed E-state index contributed by atoms with van der Waals surface area (Å²) < 4.78 is 9.98.